The fourth-order valence-corrected chi connectivity index (χ4v) is 1.87. The number of hydrogen-bond acceptors (Lipinski definition) is 9. The number of amides is 1. The number of non-ortho nitro benzene ring substituents is 2. The molecule has 0 unspecified atom stereocenters. The number of nitro groups is 2. The summed E-state index contributed by atoms with van der Waals surface area (Å²) in [4.78, 5) is 41.0. The Bertz CT molecular complexity index is 902. The Kier molecular flexibility index (Phi) is 9.75. The summed E-state index contributed by atoms with van der Waals surface area (Å²) in [6.07, 6.45) is 0. The van der Waals surface area contributed by atoms with E-state index in [1.165, 1.54) is 48.5 Å². The second kappa shape index (κ2) is 12.3. The Labute approximate surface area is 170 Å². The van der Waals surface area contributed by atoms with Gasteiger partial charge in [-0.2, -0.15) is 0 Å². The molecule has 0 aliphatic carbocycles. The van der Waals surface area contributed by atoms with Gasteiger partial charge in [-0.1, -0.05) is 12.1 Å². The minimum Gasteiger partial charge on any atom is -0.484 e. The minimum atomic E-state index is -0.628. The van der Waals surface area contributed by atoms with Crippen LogP contribution in [0.5, 0.6) is 11.5 Å². The molecule has 30 heavy (non-hydrogen) atoms. The number of nitrogens with zero attached hydrogens (tertiary/aromatic N) is 2. The molecular weight excluding hydrogens is 402 g/mol. The van der Waals surface area contributed by atoms with Crippen LogP contribution in [0.1, 0.15) is 6.92 Å². The van der Waals surface area contributed by atoms with Crippen molar-refractivity contribution in [1.82, 2.24) is 0 Å². The van der Waals surface area contributed by atoms with Crippen molar-refractivity contribution in [2.45, 2.75) is 6.92 Å². The molecule has 0 saturated carbocycles. The summed E-state index contributed by atoms with van der Waals surface area (Å²) in [7, 11) is 0. The average Bonchev–Trinajstić information content (AvgIpc) is 2.72. The van der Waals surface area contributed by atoms with Gasteiger partial charge in [-0.15, -0.1) is 0 Å². The fourth-order valence-electron chi connectivity index (χ4n) is 1.87. The number of primary amides is 1. The number of benzene rings is 2. The molecule has 0 spiro atoms. The largest absolute Gasteiger partial charge is 0.484 e. The summed E-state index contributed by atoms with van der Waals surface area (Å²) >= 11 is 0. The van der Waals surface area contributed by atoms with Crippen LogP contribution in [0.25, 0.3) is 0 Å². The van der Waals surface area contributed by atoms with Crippen LogP contribution in [0, 0.1) is 20.2 Å². The lowest BCUT2D eigenvalue weighted by Gasteiger charge is -2.04. The maximum absolute atomic E-state index is 11.0. The Balaban J connectivity index is 0.000000303. The van der Waals surface area contributed by atoms with E-state index in [-0.39, 0.29) is 42.7 Å². The van der Waals surface area contributed by atoms with Crippen molar-refractivity contribution in [1.29, 1.82) is 0 Å². The minimum absolute atomic E-state index is 0.0821. The van der Waals surface area contributed by atoms with E-state index in [2.05, 4.69) is 4.74 Å². The van der Waals surface area contributed by atoms with Crippen molar-refractivity contribution < 1.29 is 33.6 Å². The molecule has 0 radical (unpaired) electrons. The first-order valence-corrected chi connectivity index (χ1v) is 8.41. The van der Waals surface area contributed by atoms with Gasteiger partial charge in [0.2, 0.25) is 0 Å². The fraction of sp³-hybridized carbons (Fsp3) is 0.222. The molecule has 0 saturated heterocycles. The third kappa shape index (κ3) is 9.12. The highest BCUT2D eigenvalue weighted by atomic mass is 16.6. The first-order chi connectivity index (χ1) is 14.2. The van der Waals surface area contributed by atoms with E-state index in [0.29, 0.717) is 0 Å². The van der Waals surface area contributed by atoms with Crippen LogP contribution in [-0.2, 0) is 14.3 Å². The molecule has 0 aliphatic heterocycles. The number of nitrogens with two attached hydrogens (primary N) is 1. The highest BCUT2D eigenvalue weighted by molar-refractivity contribution is 5.75. The van der Waals surface area contributed by atoms with E-state index in [9.17, 15) is 29.8 Å². The van der Waals surface area contributed by atoms with Crippen molar-refractivity contribution in [3.63, 3.8) is 0 Å². The van der Waals surface area contributed by atoms with E-state index < -0.39 is 21.7 Å². The molecule has 1 amide bonds. The summed E-state index contributed by atoms with van der Waals surface area (Å²) in [6, 6.07) is 11.1. The summed E-state index contributed by atoms with van der Waals surface area (Å²) in [5.74, 6) is -0.620. The van der Waals surface area contributed by atoms with Crippen LogP contribution < -0.4 is 15.2 Å². The van der Waals surface area contributed by atoms with Gasteiger partial charge in [0.15, 0.2) is 13.2 Å². The van der Waals surface area contributed by atoms with Crippen LogP contribution in [0.4, 0.5) is 11.4 Å². The van der Waals surface area contributed by atoms with Gasteiger partial charge >= 0.3 is 5.97 Å². The summed E-state index contributed by atoms with van der Waals surface area (Å²) in [5.41, 5.74) is 4.67. The van der Waals surface area contributed by atoms with Crippen molar-refractivity contribution in [2.24, 2.45) is 5.73 Å². The first kappa shape index (κ1) is 23.8. The number of nitro benzene ring substituents is 2. The van der Waals surface area contributed by atoms with Crippen LogP contribution >= 0.6 is 0 Å². The molecule has 2 aromatic carbocycles. The second-order valence-electron chi connectivity index (χ2n) is 5.36. The van der Waals surface area contributed by atoms with Crippen LogP contribution in [0.15, 0.2) is 48.5 Å². The molecule has 12 nitrogen and oxygen atoms in total. The Morgan fingerprint density at radius 2 is 1.37 bits per heavy atom. The predicted octanol–water partition coefficient (Wildman–Crippen LogP) is 2.00. The van der Waals surface area contributed by atoms with Crippen molar-refractivity contribution in [3.05, 3.63) is 68.8 Å². The summed E-state index contributed by atoms with van der Waals surface area (Å²) < 4.78 is 14.6. The zero-order valence-electron chi connectivity index (χ0n) is 15.9. The zero-order valence-corrected chi connectivity index (χ0v) is 15.9. The summed E-state index contributed by atoms with van der Waals surface area (Å²) in [5, 5.41) is 20.8. The maximum Gasteiger partial charge on any atom is 0.344 e. The normalized spacial score (nSPS) is 9.50. The van der Waals surface area contributed by atoms with E-state index in [1.54, 1.807) is 6.92 Å². The molecule has 2 N–H and O–H groups in total. The molecule has 2 rings (SSSR count). The molecule has 0 fully saturated rings. The van der Waals surface area contributed by atoms with E-state index in [4.69, 9.17) is 15.2 Å². The highest BCUT2D eigenvalue weighted by Gasteiger charge is 2.08. The van der Waals surface area contributed by atoms with Crippen LogP contribution in [-0.4, -0.2) is 41.5 Å². The number of carbonyl (C=O) groups excluding carboxylic acids is 2. The predicted molar refractivity (Wildman–Crippen MR) is 103 cm³/mol. The molecule has 160 valence electrons. The topological polar surface area (TPSA) is 174 Å². The average molecular weight is 421 g/mol. The number of rotatable bonds is 9. The van der Waals surface area contributed by atoms with Gasteiger partial charge < -0.3 is 19.9 Å². The third-order valence-corrected chi connectivity index (χ3v) is 3.10. The van der Waals surface area contributed by atoms with Gasteiger partial charge in [0.05, 0.1) is 28.6 Å². The Morgan fingerprint density at radius 1 is 0.900 bits per heavy atom. The Morgan fingerprint density at radius 3 is 1.77 bits per heavy atom. The van der Waals surface area contributed by atoms with Crippen molar-refractivity contribution in [3.8, 4) is 11.5 Å². The van der Waals surface area contributed by atoms with Crippen molar-refractivity contribution in [2.75, 3.05) is 19.8 Å². The van der Waals surface area contributed by atoms with Gasteiger partial charge in [0.25, 0.3) is 17.3 Å². The quantitative estimate of drug-likeness (QED) is 0.360. The lowest BCUT2D eigenvalue weighted by atomic mass is 10.3. The zero-order chi connectivity index (χ0) is 22.5. The van der Waals surface area contributed by atoms with Crippen LogP contribution in [0.3, 0.4) is 0 Å². The van der Waals surface area contributed by atoms with E-state index in [1.807, 2.05) is 0 Å². The van der Waals surface area contributed by atoms with E-state index >= 15 is 0 Å². The third-order valence-electron chi connectivity index (χ3n) is 3.10. The second-order valence-corrected chi connectivity index (χ2v) is 5.36. The van der Waals surface area contributed by atoms with E-state index in [0.717, 1.165) is 0 Å². The maximum atomic E-state index is 11.0. The van der Waals surface area contributed by atoms with Crippen LogP contribution in [0.2, 0.25) is 0 Å². The number of hydrogen-bond donors (Lipinski definition) is 1. The Hall–Kier alpha value is -4.22. The summed E-state index contributed by atoms with van der Waals surface area (Å²) in [6.45, 7) is 1.42. The highest BCUT2D eigenvalue weighted by Crippen LogP contribution is 2.19. The smallest absolute Gasteiger partial charge is 0.344 e. The molecule has 0 aliphatic rings. The molecule has 0 aromatic heterocycles. The number of ether oxygens (including phenoxy) is 3. The van der Waals surface area contributed by atoms with Gasteiger partial charge in [-0.3, -0.25) is 25.0 Å². The van der Waals surface area contributed by atoms with Gasteiger partial charge in [0, 0.05) is 12.1 Å². The molecule has 0 atom stereocenters. The molecule has 2 aromatic rings. The SMILES string of the molecule is CCOC(=O)COc1cccc([N+](=O)[O-])c1.NC(=O)COc1cccc([N+](=O)[O-])c1. The van der Waals surface area contributed by atoms with Gasteiger partial charge in [0.1, 0.15) is 11.5 Å². The van der Waals surface area contributed by atoms with Crippen molar-refractivity contribution >= 4 is 23.3 Å². The molecule has 12 heteroatoms. The standard InChI is InChI=1S/C10H11NO5.C8H8N2O4/c1-2-15-10(12)7-16-9-5-3-4-8(6-9)11(13)14;9-8(11)5-14-7-3-1-2-6(4-7)10(12)13/h3-6H,2,7H2,1H3;1-4H,5H2,(H2,9,11). The molecule has 0 bridgehead atoms. The van der Waals surface area contributed by atoms with Gasteiger partial charge in [-0.25, -0.2) is 4.79 Å². The monoisotopic (exact) mass is 421 g/mol. The molecular formula is C18H19N3O9. The van der Waals surface area contributed by atoms with Gasteiger partial charge in [-0.05, 0) is 19.1 Å². The first-order valence-electron chi connectivity index (χ1n) is 8.41. The number of esters is 1. The lowest BCUT2D eigenvalue weighted by Crippen LogP contribution is -2.19. The lowest BCUT2D eigenvalue weighted by molar-refractivity contribution is -0.385. The number of carbonyl (C=O) groups is 2. The molecule has 0 heterocycles.